The third-order valence-corrected chi connectivity index (χ3v) is 5.90. The standard InChI is InChI=1S/C23H17BrO2/c1-13-3-4-16-10-17(6-5-15(16)9-13)18-7-8-20-19(11-18)12-21(23(25)26)14(2)22(20)24/h3-12H,1-2H3,(H,25,26). The number of benzene rings is 4. The maximum absolute atomic E-state index is 11.5. The zero-order valence-electron chi connectivity index (χ0n) is 14.5. The van der Waals surface area contributed by atoms with Gasteiger partial charge in [0.15, 0.2) is 0 Å². The molecule has 0 aliphatic rings. The van der Waals surface area contributed by atoms with E-state index in [-0.39, 0.29) is 0 Å². The highest BCUT2D eigenvalue weighted by molar-refractivity contribution is 9.10. The summed E-state index contributed by atoms with van der Waals surface area (Å²) < 4.78 is 0.841. The highest BCUT2D eigenvalue weighted by Gasteiger charge is 2.14. The number of aromatic carboxylic acids is 1. The quantitative estimate of drug-likeness (QED) is 0.401. The molecular weight excluding hydrogens is 388 g/mol. The normalized spacial score (nSPS) is 11.2. The van der Waals surface area contributed by atoms with E-state index < -0.39 is 5.97 Å². The van der Waals surface area contributed by atoms with Crippen LogP contribution >= 0.6 is 15.9 Å². The summed E-state index contributed by atoms with van der Waals surface area (Å²) in [6, 6.07) is 20.8. The molecule has 0 aromatic heterocycles. The van der Waals surface area contributed by atoms with Gasteiger partial charge < -0.3 is 5.11 Å². The minimum absolute atomic E-state index is 0.329. The maximum Gasteiger partial charge on any atom is 0.336 e. The number of aryl methyl sites for hydroxylation is 1. The topological polar surface area (TPSA) is 37.3 Å². The van der Waals surface area contributed by atoms with Gasteiger partial charge in [-0.1, -0.05) is 48.0 Å². The van der Waals surface area contributed by atoms with Crippen molar-refractivity contribution in [1.29, 1.82) is 0 Å². The monoisotopic (exact) mass is 404 g/mol. The van der Waals surface area contributed by atoms with Crippen LogP contribution in [0.3, 0.4) is 0 Å². The van der Waals surface area contributed by atoms with Gasteiger partial charge in [-0.3, -0.25) is 0 Å². The Labute approximate surface area is 160 Å². The fraction of sp³-hybridized carbons (Fsp3) is 0.0870. The predicted octanol–water partition coefficient (Wildman–Crippen LogP) is 6.74. The van der Waals surface area contributed by atoms with E-state index in [9.17, 15) is 9.90 Å². The summed E-state index contributed by atoms with van der Waals surface area (Å²) in [6.45, 7) is 3.92. The molecule has 1 N–H and O–H groups in total. The van der Waals surface area contributed by atoms with Crippen LogP contribution in [0.1, 0.15) is 21.5 Å². The molecule has 0 fully saturated rings. The lowest BCUT2D eigenvalue weighted by atomic mass is 9.96. The molecule has 128 valence electrons. The Kier molecular flexibility index (Phi) is 4.04. The highest BCUT2D eigenvalue weighted by Crippen LogP contribution is 2.34. The summed E-state index contributed by atoms with van der Waals surface area (Å²) >= 11 is 3.56. The van der Waals surface area contributed by atoms with Crippen molar-refractivity contribution < 1.29 is 9.90 Å². The van der Waals surface area contributed by atoms with Gasteiger partial charge in [-0.05, 0) is 86.2 Å². The second kappa shape index (κ2) is 6.26. The van der Waals surface area contributed by atoms with Crippen LogP contribution in [0.4, 0.5) is 0 Å². The van der Waals surface area contributed by atoms with Gasteiger partial charge in [-0.2, -0.15) is 0 Å². The summed E-state index contributed by atoms with van der Waals surface area (Å²) in [6.07, 6.45) is 0. The highest BCUT2D eigenvalue weighted by atomic mass is 79.9. The first kappa shape index (κ1) is 16.8. The number of rotatable bonds is 2. The van der Waals surface area contributed by atoms with Crippen LogP contribution in [0, 0.1) is 13.8 Å². The number of fused-ring (bicyclic) bond motifs is 2. The van der Waals surface area contributed by atoms with E-state index in [0.717, 1.165) is 31.9 Å². The second-order valence-electron chi connectivity index (χ2n) is 6.67. The molecule has 0 unspecified atom stereocenters. The van der Waals surface area contributed by atoms with Crippen LogP contribution in [-0.4, -0.2) is 11.1 Å². The number of hydrogen-bond donors (Lipinski definition) is 1. The molecule has 0 aliphatic heterocycles. The summed E-state index contributed by atoms with van der Waals surface area (Å²) in [7, 11) is 0. The van der Waals surface area contributed by atoms with Crippen LogP contribution in [0.2, 0.25) is 0 Å². The van der Waals surface area contributed by atoms with Gasteiger partial charge in [-0.15, -0.1) is 0 Å². The third kappa shape index (κ3) is 2.78. The van der Waals surface area contributed by atoms with E-state index in [0.29, 0.717) is 5.56 Å². The molecule has 0 radical (unpaired) electrons. The average Bonchev–Trinajstić information content (AvgIpc) is 2.63. The van der Waals surface area contributed by atoms with Crippen LogP contribution in [0.15, 0.2) is 65.1 Å². The molecule has 0 aliphatic carbocycles. The molecule has 3 heteroatoms. The first-order valence-corrected chi connectivity index (χ1v) is 9.20. The summed E-state index contributed by atoms with van der Waals surface area (Å²) in [4.78, 5) is 11.5. The molecule has 0 heterocycles. The molecule has 4 aromatic carbocycles. The van der Waals surface area contributed by atoms with Gasteiger partial charge >= 0.3 is 5.97 Å². The van der Waals surface area contributed by atoms with Crippen LogP contribution in [0.25, 0.3) is 32.7 Å². The molecule has 0 bridgehead atoms. The number of carbonyl (C=O) groups is 1. The molecule has 4 aromatic rings. The van der Waals surface area contributed by atoms with Crippen molar-refractivity contribution in [3.05, 3.63) is 81.8 Å². The molecule has 26 heavy (non-hydrogen) atoms. The van der Waals surface area contributed by atoms with Crippen molar-refractivity contribution in [2.45, 2.75) is 13.8 Å². The predicted molar refractivity (Wildman–Crippen MR) is 111 cm³/mol. The molecule has 0 saturated carbocycles. The Balaban J connectivity index is 1.91. The summed E-state index contributed by atoms with van der Waals surface area (Å²) in [5.74, 6) is -0.906. The maximum atomic E-state index is 11.5. The van der Waals surface area contributed by atoms with Crippen molar-refractivity contribution >= 4 is 43.4 Å². The van der Waals surface area contributed by atoms with Crippen molar-refractivity contribution in [1.82, 2.24) is 0 Å². The van der Waals surface area contributed by atoms with Gasteiger partial charge in [0.2, 0.25) is 0 Å². The lowest BCUT2D eigenvalue weighted by molar-refractivity contribution is 0.0696. The Morgan fingerprint density at radius 3 is 2.15 bits per heavy atom. The zero-order chi connectivity index (χ0) is 18.4. The number of halogens is 1. The van der Waals surface area contributed by atoms with Crippen LogP contribution < -0.4 is 0 Å². The number of carboxylic acids is 1. The van der Waals surface area contributed by atoms with E-state index in [1.54, 1.807) is 6.07 Å². The molecule has 0 spiro atoms. The van der Waals surface area contributed by atoms with Gasteiger partial charge in [-0.25, -0.2) is 4.79 Å². The van der Waals surface area contributed by atoms with E-state index in [1.165, 1.54) is 16.3 Å². The van der Waals surface area contributed by atoms with E-state index in [1.807, 2.05) is 13.0 Å². The van der Waals surface area contributed by atoms with Gasteiger partial charge in [0.05, 0.1) is 5.56 Å². The van der Waals surface area contributed by atoms with Crippen molar-refractivity contribution in [2.75, 3.05) is 0 Å². The van der Waals surface area contributed by atoms with Crippen LogP contribution in [0.5, 0.6) is 0 Å². The molecular formula is C23H17BrO2. The van der Waals surface area contributed by atoms with E-state index >= 15 is 0 Å². The lowest BCUT2D eigenvalue weighted by Gasteiger charge is -2.11. The second-order valence-corrected chi connectivity index (χ2v) is 7.46. The van der Waals surface area contributed by atoms with E-state index in [4.69, 9.17) is 0 Å². The van der Waals surface area contributed by atoms with Crippen molar-refractivity contribution in [3.63, 3.8) is 0 Å². The van der Waals surface area contributed by atoms with Gasteiger partial charge in [0.25, 0.3) is 0 Å². The molecule has 2 nitrogen and oxygen atoms in total. The van der Waals surface area contributed by atoms with Crippen LogP contribution in [-0.2, 0) is 0 Å². The van der Waals surface area contributed by atoms with Gasteiger partial charge in [0, 0.05) is 4.47 Å². The summed E-state index contributed by atoms with van der Waals surface area (Å²) in [5, 5.41) is 13.8. The largest absolute Gasteiger partial charge is 0.478 e. The average molecular weight is 405 g/mol. The van der Waals surface area contributed by atoms with E-state index in [2.05, 4.69) is 71.4 Å². The fourth-order valence-corrected chi connectivity index (χ4v) is 3.99. The van der Waals surface area contributed by atoms with Gasteiger partial charge in [0.1, 0.15) is 0 Å². The Hall–Kier alpha value is -2.65. The minimum atomic E-state index is -0.906. The first-order chi connectivity index (χ1) is 12.4. The first-order valence-electron chi connectivity index (χ1n) is 8.41. The molecule has 0 saturated heterocycles. The third-order valence-electron chi connectivity index (χ3n) is 4.88. The smallest absolute Gasteiger partial charge is 0.336 e. The Morgan fingerprint density at radius 2 is 1.42 bits per heavy atom. The van der Waals surface area contributed by atoms with Crippen molar-refractivity contribution in [2.24, 2.45) is 0 Å². The molecule has 4 rings (SSSR count). The summed E-state index contributed by atoms with van der Waals surface area (Å²) in [5.41, 5.74) is 4.52. The zero-order valence-corrected chi connectivity index (χ0v) is 16.1. The Bertz CT molecular complexity index is 1190. The fourth-order valence-electron chi connectivity index (χ4n) is 3.41. The molecule has 0 atom stereocenters. The molecule has 0 amide bonds. The lowest BCUT2D eigenvalue weighted by Crippen LogP contribution is -2.00. The number of carboxylic acid groups (broad SMARTS) is 1. The SMILES string of the molecule is Cc1ccc2cc(-c3ccc4c(Br)c(C)c(C(=O)O)cc4c3)ccc2c1. The van der Waals surface area contributed by atoms with Crippen molar-refractivity contribution in [3.8, 4) is 11.1 Å². The number of hydrogen-bond acceptors (Lipinski definition) is 1. The Morgan fingerprint density at radius 1 is 0.808 bits per heavy atom. The minimum Gasteiger partial charge on any atom is -0.478 e.